The fourth-order valence-electron chi connectivity index (χ4n) is 2.10. The molecule has 2 saturated heterocycles. The predicted octanol–water partition coefficient (Wildman–Crippen LogP) is 0.616. The highest BCUT2D eigenvalue weighted by Crippen LogP contribution is 2.29. The molecule has 2 fully saturated rings. The van der Waals surface area contributed by atoms with Crippen LogP contribution in [0.4, 0.5) is 4.79 Å². The van der Waals surface area contributed by atoms with Crippen LogP contribution in [-0.4, -0.2) is 49.8 Å². The zero-order chi connectivity index (χ0) is 13.2. The smallest absolute Gasteiger partial charge is 0.407 e. The number of alkyl carbamates (subject to hydrolysis) is 1. The third-order valence-electron chi connectivity index (χ3n) is 2.86. The Bertz CT molecular complexity index is 308. The van der Waals surface area contributed by atoms with Crippen LogP contribution in [0.25, 0.3) is 0 Å². The minimum absolute atomic E-state index is 0.0996. The van der Waals surface area contributed by atoms with Crippen molar-refractivity contribution < 1.29 is 19.0 Å². The molecule has 1 spiro atoms. The lowest BCUT2D eigenvalue weighted by atomic mass is 10.2. The number of carbonyl (C=O) groups is 1. The fraction of sp³-hybridized carbons (Fsp3) is 0.917. The second kappa shape index (κ2) is 5.03. The molecule has 2 atom stereocenters. The van der Waals surface area contributed by atoms with Crippen LogP contribution in [0.3, 0.4) is 0 Å². The molecule has 2 N–H and O–H groups in total. The zero-order valence-electron chi connectivity index (χ0n) is 11.2. The number of nitrogens with one attached hydrogen (secondary N) is 2. The molecular weight excluding hydrogens is 236 g/mol. The van der Waals surface area contributed by atoms with Crippen molar-refractivity contribution in [3.05, 3.63) is 0 Å². The van der Waals surface area contributed by atoms with E-state index in [9.17, 15) is 4.79 Å². The molecule has 1 unspecified atom stereocenters. The largest absolute Gasteiger partial charge is 0.444 e. The predicted molar refractivity (Wildman–Crippen MR) is 65.3 cm³/mol. The molecule has 0 radical (unpaired) electrons. The summed E-state index contributed by atoms with van der Waals surface area (Å²) in [6.07, 6.45) is 0.338. The maximum Gasteiger partial charge on any atom is 0.407 e. The van der Waals surface area contributed by atoms with Gasteiger partial charge in [-0.05, 0) is 20.8 Å². The summed E-state index contributed by atoms with van der Waals surface area (Å²) in [7, 11) is 0. The summed E-state index contributed by atoms with van der Waals surface area (Å²) < 4.78 is 16.7. The topological polar surface area (TPSA) is 68.8 Å². The quantitative estimate of drug-likeness (QED) is 0.760. The van der Waals surface area contributed by atoms with E-state index >= 15 is 0 Å². The Morgan fingerprint density at radius 3 is 2.94 bits per heavy atom. The molecule has 1 amide bonds. The lowest BCUT2D eigenvalue weighted by Gasteiger charge is -2.22. The van der Waals surface area contributed by atoms with Crippen molar-refractivity contribution in [2.45, 2.75) is 44.7 Å². The molecule has 104 valence electrons. The van der Waals surface area contributed by atoms with Gasteiger partial charge in [-0.1, -0.05) is 0 Å². The zero-order valence-corrected chi connectivity index (χ0v) is 11.2. The van der Waals surface area contributed by atoms with E-state index in [1.165, 1.54) is 0 Å². The van der Waals surface area contributed by atoms with Crippen LogP contribution >= 0.6 is 0 Å². The Labute approximate surface area is 107 Å². The van der Waals surface area contributed by atoms with E-state index < -0.39 is 17.5 Å². The highest BCUT2D eigenvalue weighted by atomic mass is 16.7. The van der Waals surface area contributed by atoms with Crippen LogP contribution in [0, 0.1) is 0 Å². The molecule has 0 bridgehead atoms. The van der Waals surface area contributed by atoms with Crippen molar-refractivity contribution in [2.24, 2.45) is 0 Å². The molecule has 0 aromatic heterocycles. The van der Waals surface area contributed by atoms with Gasteiger partial charge in [-0.15, -0.1) is 0 Å². The Balaban J connectivity index is 1.70. The number of hydrogen-bond donors (Lipinski definition) is 2. The van der Waals surface area contributed by atoms with Gasteiger partial charge in [0, 0.05) is 26.1 Å². The van der Waals surface area contributed by atoms with E-state index in [2.05, 4.69) is 10.6 Å². The standard InChI is InChI=1S/C12H22N2O4/c1-11(2,3)18-10(15)14-6-9-7-16-12(17-9)4-5-13-8-12/h9,13H,4-8H2,1-3H3,(H,14,15)/t9-,12?/m0/s1. The van der Waals surface area contributed by atoms with E-state index in [0.717, 1.165) is 19.5 Å². The van der Waals surface area contributed by atoms with Gasteiger partial charge in [-0.25, -0.2) is 4.79 Å². The molecule has 6 nitrogen and oxygen atoms in total. The van der Waals surface area contributed by atoms with Gasteiger partial charge in [-0.2, -0.15) is 0 Å². The van der Waals surface area contributed by atoms with Crippen molar-refractivity contribution in [1.29, 1.82) is 0 Å². The summed E-state index contributed by atoms with van der Waals surface area (Å²) in [5.74, 6) is -0.472. The Hall–Kier alpha value is -0.850. The SMILES string of the molecule is CC(C)(C)OC(=O)NC[C@H]1COC2(CCNC2)O1. The second-order valence-electron chi connectivity index (χ2n) is 5.77. The average molecular weight is 258 g/mol. The average Bonchev–Trinajstić information content (AvgIpc) is 2.85. The van der Waals surface area contributed by atoms with Gasteiger partial charge < -0.3 is 24.8 Å². The molecule has 0 aromatic carbocycles. The lowest BCUT2D eigenvalue weighted by Crippen LogP contribution is -2.39. The van der Waals surface area contributed by atoms with Crippen LogP contribution in [-0.2, 0) is 14.2 Å². The summed E-state index contributed by atoms with van der Waals surface area (Å²) in [5.41, 5.74) is -0.478. The molecule has 2 aliphatic rings. The minimum atomic E-state index is -0.478. The highest BCUT2D eigenvalue weighted by molar-refractivity contribution is 5.67. The Morgan fingerprint density at radius 2 is 2.33 bits per heavy atom. The van der Waals surface area contributed by atoms with Crippen LogP contribution in [0.1, 0.15) is 27.2 Å². The van der Waals surface area contributed by atoms with E-state index in [1.54, 1.807) is 0 Å². The number of hydrogen-bond acceptors (Lipinski definition) is 5. The van der Waals surface area contributed by atoms with E-state index in [1.807, 2.05) is 20.8 Å². The first kappa shape index (κ1) is 13.6. The van der Waals surface area contributed by atoms with Gasteiger partial charge in [0.1, 0.15) is 11.7 Å². The summed E-state index contributed by atoms with van der Waals surface area (Å²) in [6, 6.07) is 0. The third-order valence-corrected chi connectivity index (χ3v) is 2.86. The number of amides is 1. The lowest BCUT2D eigenvalue weighted by molar-refractivity contribution is -0.150. The summed E-state index contributed by atoms with van der Waals surface area (Å²) >= 11 is 0. The van der Waals surface area contributed by atoms with E-state index in [4.69, 9.17) is 14.2 Å². The van der Waals surface area contributed by atoms with Gasteiger partial charge in [0.25, 0.3) is 0 Å². The van der Waals surface area contributed by atoms with Crippen molar-refractivity contribution in [2.75, 3.05) is 26.2 Å². The van der Waals surface area contributed by atoms with Crippen LogP contribution in [0.5, 0.6) is 0 Å². The Kier molecular flexibility index (Phi) is 3.79. The molecule has 6 heteroatoms. The summed E-state index contributed by atoms with van der Waals surface area (Å²) in [4.78, 5) is 11.5. The number of rotatable bonds is 2. The van der Waals surface area contributed by atoms with E-state index in [-0.39, 0.29) is 6.10 Å². The van der Waals surface area contributed by atoms with Gasteiger partial charge in [0.05, 0.1) is 6.61 Å². The maximum atomic E-state index is 11.5. The van der Waals surface area contributed by atoms with Crippen molar-refractivity contribution in [3.8, 4) is 0 Å². The maximum absolute atomic E-state index is 11.5. The Morgan fingerprint density at radius 1 is 1.56 bits per heavy atom. The van der Waals surface area contributed by atoms with Crippen molar-refractivity contribution in [3.63, 3.8) is 0 Å². The molecule has 0 aromatic rings. The van der Waals surface area contributed by atoms with Gasteiger partial charge >= 0.3 is 6.09 Å². The molecule has 2 rings (SSSR count). The molecule has 0 saturated carbocycles. The second-order valence-corrected chi connectivity index (χ2v) is 5.77. The van der Waals surface area contributed by atoms with Crippen molar-refractivity contribution >= 4 is 6.09 Å². The minimum Gasteiger partial charge on any atom is -0.444 e. The molecule has 0 aliphatic carbocycles. The first-order valence-electron chi connectivity index (χ1n) is 6.38. The fourth-order valence-corrected chi connectivity index (χ4v) is 2.10. The summed E-state index contributed by atoms with van der Waals surface area (Å²) in [6.45, 7) is 8.05. The number of carbonyl (C=O) groups excluding carboxylic acids is 1. The third kappa shape index (κ3) is 3.57. The van der Waals surface area contributed by atoms with Gasteiger partial charge in [-0.3, -0.25) is 0 Å². The molecule has 2 heterocycles. The monoisotopic (exact) mass is 258 g/mol. The van der Waals surface area contributed by atoms with Crippen LogP contribution in [0.2, 0.25) is 0 Å². The van der Waals surface area contributed by atoms with Gasteiger partial charge in [0.2, 0.25) is 0 Å². The first-order chi connectivity index (χ1) is 8.39. The van der Waals surface area contributed by atoms with Crippen LogP contribution in [0.15, 0.2) is 0 Å². The summed E-state index contributed by atoms with van der Waals surface area (Å²) in [5, 5.41) is 5.91. The highest BCUT2D eigenvalue weighted by Gasteiger charge is 2.43. The molecular formula is C12H22N2O4. The number of ether oxygens (including phenoxy) is 3. The molecule has 2 aliphatic heterocycles. The van der Waals surface area contributed by atoms with E-state index in [0.29, 0.717) is 13.2 Å². The normalized spacial score (nSPS) is 31.8. The van der Waals surface area contributed by atoms with Gasteiger partial charge in [0.15, 0.2) is 5.79 Å². The first-order valence-corrected chi connectivity index (χ1v) is 6.38. The molecule has 18 heavy (non-hydrogen) atoms. The van der Waals surface area contributed by atoms with Crippen molar-refractivity contribution in [1.82, 2.24) is 10.6 Å². The van der Waals surface area contributed by atoms with Crippen LogP contribution < -0.4 is 10.6 Å².